The number of carboxylic acid groups (broad SMARTS) is 3. The minimum atomic E-state index is -0.935. The molecule has 0 bridgehead atoms. The van der Waals surface area contributed by atoms with E-state index in [-0.39, 0.29) is 16.7 Å². The fourth-order valence-electron chi connectivity index (χ4n) is 0.204. The van der Waals surface area contributed by atoms with Crippen molar-refractivity contribution < 1.29 is 34.4 Å². The Balaban J connectivity index is -0.000000105. The Morgan fingerprint density at radius 3 is 0.957 bits per heavy atom. The molecular weight excluding hydrogens is 304 g/mol. The van der Waals surface area contributed by atoms with E-state index in [1.165, 1.54) is 20.8 Å². The zero-order valence-corrected chi connectivity index (χ0v) is 14.5. The third kappa shape index (κ3) is 45.1. The maximum absolute atomic E-state index is 9.60. The molecule has 0 amide bonds. The molecule has 0 fully saturated rings. The highest BCUT2D eigenvalue weighted by Crippen LogP contribution is 1.82. The lowest BCUT2D eigenvalue weighted by atomic mass is 10.4. The molecule has 23 heavy (non-hydrogen) atoms. The van der Waals surface area contributed by atoms with Gasteiger partial charge in [-0.3, -0.25) is 0 Å². The number of ether oxygens (including phenoxy) is 1. The zero-order valence-electron chi connectivity index (χ0n) is 14.5. The van der Waals surface area contributed by atoms with Gasteiger partial charge in [0.15, 0.2) is 0 Å². The van der Waals surface area contributed by atoms with Crippen molar-refractivity contribution >= 4 is 17.9 Å². The Hall–Kier alpha value is -2.41. The van der Waals surface area contributed by atoms with Crippen LogP contribution in [0.4, 0.5) is 0 Å². The molecule has 0 heterocycles. The van der Waals surface area contributed by atoms with Crippen molar-refractivity contribution in [3.63, 3.8) is 0 Å². The van der Waals surface area contributed by atoms with E-state index in [2.05, 4.69) is 26.7 Å². The van der Waals surface area contributed by atoms with E-state index < -0.39 is 17.9 Å². The second-order valence-electron chi connectivity index (χ2n) is 4.25. The molecule has 0 spiro atoms. The first-order valence-corrected chi connectivity index (χ1v) is 6.50. The number of methoxy groups -OCH3 is 1. The first kappa shape index (κ1) is 28.7. The van der Waals surface area contributed by atoms with E-state index in [1.54, 1.807) is 7.11 Å². The SMILES string of the molecule is C=C(C)C(=O)O.C=C(C)C(=O)O.C=C(C)C(=O)O.CCCOC. The molecule has 0 aromatic carbocycles. The van der Waals surface area contributed by atoms with Crippen LogP contribution in [0.5, 0.6) is 0 Å². The molecule has 0 aliphatic rings. The van der Waals surface area contributed by atoms with Crippen LogP contribution in [0.2, 0.25) is 0 Å². The highest BCUT2D eigenvalue weighted by molar-refractivity contribution is 5.85. The second kappa shape index (κ2) is 19.6. The summed E-state index contributed by atoms with van der Waals surface area (Å²) < 4.78 is 4.69. The monoisotopic (exact) mass is 332 g/mol. The van der Waals surface area contributed by atoms with Gasteiger partial charge in [-0.1, -0.05) is 26.7 Å². The summed E-state index contributed by atoms with van der Waals surface area (Å²) in [6.45, 7) is 16.8. The van der Waals surface area contributed by atoms with E-state index >= 15 is 0 Å². The van der Waals surface area contributed by atoms with Gasteiger partial charge in [-0.2, -0.15) is 0 Å². The Kier molecular flexibility index (Phi) is 24.5. The lowest BCUT2D eigenvalue weighted by Crippen LogP contribution is -1.92. The first-order chi connectivity index (χ1) is 10.3. The largest absolute Gasteiger partial charge is 0.478 e. The third-order valence-electron chi connectivity index (χ3n) is 1.50. The summed E-state index contributed by atoms with van der Waals surface area (Å²) in [5, 5.41) is 23.7. The fourth-order valence-corrected chi connectivity index (χ4v) is 0.204. The highest BCUT2D eigenvalue weighted by Gasteiger charge is 1.91. The maximum Gasteiger partial charge on any atom is 0.330 e. The van der Waals surface area contributed by atoms with Crippen molar-refractivity contribution in [1.82, 2.24) is 0 Å². The molecule has 0 atom stereocenters. The molecule has 0 saturated carbocycles. The smallest absolute Gasteiger partial charge is 0.330 e. The van der Waals surface area contributed by atoms with Crippen LogP contribution in [-0.2, 0) is 19.1 Å². The maximum atomic E-state index is 9.60. The van der Waals surface area contributed by atoms with Crippen molar-refractivity contribution in [3.8, 4) is 0 Å². The summed E-state index contributed by atoms with van der Waals surface area (Å²) in [4.78, 5) is 28.8. The first-order valence-electron chi connectivity index (χ1n) is 6.50. The van der Waals surface area contributed by atoms with Gasteiger partial charge in [0.2, 0.25) is 0 Å². The van der Waals surface area contributed by atoms with Gasteiger partial charge >= 0.3 is 17.9 Å². The van der Waals surface area contributed by atoms with Crippen LogP contribution >= 0.6 is 0 Å². The van der Waals surface area contributed by atoms with Crippen molar-refractivity contribution in [1.29, 1.82) is 0 Å². The molecule has 0 rings (SSSR count). The summed E-state index contributed by atoms with van der Waals surface area (Å²) in [7, 11) is 1.71. The Bertz CT molecular complexity index is 314. The van der Waals surface area contributed by atoms with Crippen LogP contribution in [-0.4, -0.2) is 46.9 Å². The van der Waals surface area contributed by atoms with Crippen molar-refractivity contribution in [2.24, 2.45) is 0 Å². The van der Waals surface area contributed by atoms with Crippen molar-refractivity contribution in [2.75, 3.05) is 13.7 Å². The predicted octanol–water partition coefficient (Wildman–Crippen LogP) is 2.98. The highest BCUT2D eigenvalue weighted by atomic mass is 16.5. The number of hydrogen-bond acceptors (Lipinski definition) is 4. The Morgan fingerprint density at radius 2 is 0.957 bits per heavy atom. The quantitative estimate of drug-likeness (QED) is 0.662. The number of hydrogen-bond donors (Lipinski definition) is 3. The molecule has 0 unspecified atom stereocenters. The van der Waals surface area contributed by atoms with Gasteiger partial charge in [-0.25, -0.2) is 14.4 Å². The van der Waals surface area contributed by atoms with Crippen LogP contribution in [0.1, 0.15) is 34.1 Å². The van der Waals surface area contributed by atoms with Crippen LogP contribution in [0.3, 0.4) is 0 Å². The van der Waals surface area contributed by atoms with Crippen LogP contribution in [0.15, 0.2) is 36.5 Å². The zero-order chi connectivity index (χ0) is 19.6. The molecule has 0 aromatic rings. The van der Waals surface area contributed by atoms with E-state index in [9.17, 15) is 14.4 Å². The summed E-state index contributed by atoms with van der Waals surface area (Å²) >= 11 is 0. The van der Waals surface area contributed by atoms with Crippen LogP contribution in [0, 0.1) is 0 Å². The van der Waals surface area contributed by atoms with Gasteiger partial charge in [-0.15, -0.1) is 0 Å². The summed E-state index contributed by atoms with van der Waals surface area (Å²) in [6.07, 6.45) is 1.12. The average Bonchev–Trinajstić information content (AvgIpc) is 2.41. The van der Waals surface area contributed by atoms with E-state index in [0.29, 0.717) is 0 Å². The topological polar surface area (TPSA) is 121 Å². The van der Waals surface area contributed by atoms with Gasteiger partial charge in [0.05, 0.1) is 0 Å². The molecule has 3 N–H and O–H groups in total. The van der Waals surface area contributed by atoms with E-state index in [4.69, 9.17) is 20.1 Å². The molecule has 0 saturated heterocycles. The van der Waals surface area contributed by atoms with Crippen LogP contribution < -0.4 is 0 Å². The minimum Gasteiger partial charge on any atom is -0.478 e. The number of carbonyl (C=O) groups is 3. The normalized spacial score (nSPS) is 7.70. The third-order valence-corrected chi connectivity index (χ3v) is 1.50. The molecular formula is C16H28O7. The number of carboxylic acids is 3. The molecule has 0 aliphatic heterocycles. The second-order valence-corrected chi connectivity index (χ2v) is 4.25. The van der Waals surface area contributed by atoms with Crippen molar-refractivity contribution in [2.45, 2.75) is 34.1 Å². The van der Waals surface area contributed by atoms with Gasteiger partial charge in [-0.05, 0) is 27.2 Å². The Labute approximate surface area is 137 Å². The average molecular weight is 332 g/mol. The van der Waals surface area contributed by atoms with Gasteiger partial charge < -0.3 is 20.1 Å². The summed E-state index contributed by atoms with van der Waals surface area (Å²) in [6, 6.07) is 0. The van der Waals surface area contributed by atoms with Gasteiger partial charge in [0.25, 0.3) is 0 Å². The van der Waals surface area contributed by atoms with Crippen LogP contribution in [0.25, 0.3) is 0 Å². The lowest BCUT2D eigenvalue weighted by Gasteiger charge is -1.84. The molecule has 0 aromatic heterocycles. The molecule has 134 valence electrons. The van der Waals surface area contributed by atoms with E-state index in [0.717, 1.165) is 13.0 Å². The Morgan fingerprint density at radius 1 is 0.783 bits per heavy atom. The predicted molar refractivity (Wildman–Crippen MR) is 89.5 cm³/mol. The summed E-state index contributed by atoms with van der Waals surface area (Å²) in [5.74, 6) is -2.81. The molecule has 0 radical (unpaired) electrons. The number of aliphatic carboxylic acids is 3. The van der Waals surface area contributed by atoms with Gasteiger partial charge in [0.1, 0.15) is 0 Å². The lowest BCUT2D eigenvalue weighted by molar-refractivity contribution is -0.133. The summed E-state index contributed by atoms with van der Waals surface area (Å²) in [5.41, 5.74) is 0.528. The molecule has 7 heteroatoms. The van der Waals surface area contributed by atoms with Gasteiger partial charge in [0, 0.05) is 30.4 Å². The molecule has 7 nitrogen and oxygen atoms in total. The minimum absolute atomic E-state index is 0.176. The standard InChI is InChI=1S/3C4H6O2.C4H10O/c3*1-3(2)4(5)6;1-3-4-5-2/h3*1H2,2H3,(H,5,6);3-4H2,1-2H3. The number of rotatable bonds is 5. The molecule has 0 aliphatic carbocycles. The fraction of sp³-hybridized carbons (Fsp3) is 0.438. The van der Waals surface area contributed by atoms with E-state index in [1.807, 2.05) is 0 Å². The van der Waals surface area contributed by atoms with Crippen molar-refractivity contribution in [3.05, 3.63) is 36.5 Å².